The molecule has 0 aliphatic rings. The van der Waals surface area contributed by atoms with Gasteiger partial charge in [-0.2, -0.15) is 0 Å². The lowest BCUT2D eigenvalue weighted by Gasteiger charge is -2.08. The molecular formula is C13H18N2O3. The zero-order valence-corrected chi connectivity index (χ0v) is 10.4. The van der Waals surface area contributed by atoms with Gasteiger partial charge in [0.1, 0.15) is 5.75 Å². The van der Waals surface area contributed by atoms with E-state index in [4.69, 9.17) is 10.5 Å². The molecule has 1 amide bonds. The summed E-state index contributed by atoms with van der Waals surface area (Å²) in [5.74, 6) is -0.324. The molecule has 0 spiro atoms. The summed E-state index contributed by atoms with van der Waals surface area (Å²) in [6, 6.07) is 4.25. The van der Waals surface area contributed by atoms with Crippen LogP contribution in [-0.4, -0.2) is 30.8 Å². The van der Waals surface area contributed by atoms with E-state index in [1.165, 1.54) is 18.2 Å². The van der Waals surface area contributed by atoms with E-state index in [1.54, 1.807) is 0 Å². The Morgan fingerprint density at radius 1 is 1.56 bits per heavy atom. The van der Waals surface area contributed by atoms with Gasteiger partial charge in [-0.25, -0.2) is 0 Å². The second-order valence-corrected chi connectivity index (χ2v) is 4.04. The van der Waals surface area contributed by atoms with Crippen LogP contribution in [0.2, 0.25) is 0 Å². The fourth-order valence-corrected chi connectivity index (χ4v) is 1.32. The lowest BCUT2D eigenvalue weighted by atomic mass is 10.1. The molecule has 18 heavy (non-hydrogen) atoms. The van der Waals surface area contributed by atoms with Gasteiger partial charge in [0, 0.05) is 12.2 Å². The highest BCUT2D eigenvalue weighted by Gasteiger charge is 2.09. The van der Waals surface area contributed by atoms with E-state index in [2.05, 4.69) is 11.9 Å². The average Bonchev–Trinajstić information content (AvgIpc) is 2.31. The van der Waals surface area contributed by atoms with Crippen LogP contribution in [0.15, 0.2) is 30.4 Å². The molecule has 0 heterocycles. The highest BCUT2D eigenvalue weighted by Crippen LogP contribution is 2.17. The third kappa shape index (κ3) is 4.47. The predicted molar refractivity (Wildman–Crippen MR) is 70.5 cm³/mol. The van der Waals surface area contributed by atoms with Crippen molar-refractivity contribution < 1.29 is 14.6 Å². The molecule has 1 rings (SSSR count). The quantitative estimate of drug-likeness (QED) is 0.307. The van der Waals surface area contributed by atoms with Crippen LogP contribution in [0, 0.1) is 0 Å². The smallest absolute Gasteiger partial charge is 0.253 e. The number of nitrogen functional groups attached to an aromatic ring is 1. The molecule has 0 fully saturated rings. The van der Waals surface area contributed by atoms with E-state index < -0.39 is 0 Å². The van der Waals surface area contributed by atoms with Gasteiger partial charge in [0.05, 0.1) is 18.8 Å². The predicted octanol–water partition coefficient (Wildman–Crippen LogP) is 1.30. The summed E-state index contributed by atoms with van der Waals surface area (Å²) in [5, 5.41) is 11.9. The van der Waals surface area contributed by atoms with Gasteiger partial charge in [-0.1, -0.05) is 12.2 Å². The van der Waals surface area contributed by atoms with Gasteiger partial charge < -0.3 is 20.9 Å². The molecule has 0 saturated heterocycles. The van der Waals surface area contributed by atoms with Crippen LogP contribution >= 0.6 is 0 Å². The molecule has 5 nitrogen and oxygen atoms in total. The summed E-state index contributed by atoms with van der Waals surface area (Å²) in [6.07, 6.45) is 0. The minimum Gasteiger partial charge on any atom is -0.508 e. The standard InChI is InChI=1S/C13H18N2O3/c1-9(2)8-18-6-5-15-13(17)11-7-10(16)3-4-12(11)14/h3-4,7,16H,1,5-6,8,14H2,2H3,(H,15,17). The number of nitrogens with one attached hydrogen (secondary N) is 1. The lowest BCUT2D eigenvalue weighted by molar-refractivity contribution is 0.0927. The Balaban J connectivity index is 2.41. The van der Waals surface area contributed by atoms with Crippen LogP contribution in [0.3, 0.4) is 0 Å². The Morgan fingerprint density at radius 2 is 2.28 bits per heavy atom. The van der Waals surface area contributed by atoms with Crippen molar-refractivity contribution in [2.75, 3.05) is 25.5 Å². The maximum atomic E-state index is 11.7. The van der Waals surface area contributed by atoms with Gasteiger partial charge in [-0.3, -0.25) is 4.79 Å². The molecule has 0 unspecified atom stereocenters. The van der Waals surface area contributed by atoms with Crippen LogP contribution in [0.4, 0.5) is 5.69 Å². The average molecular weight is 250 g/mol. The molecule has 0 aromatic heterocycles. The first kappa shape index (κ1) is 14.1. The van der Waals surface area contributed by atoms with Crippen LogP contribution in [0.25, 0.3) is 0 Å². The van der Waals surface area contributed by atoms with Crippen LogP contribution in [0.5, 0.6) is 5.75 Å². The molecule has 0 radical (unpaired) electrons. The van der Waals surface area contributed by atoms with Crippen LogP contribution in [-0.2, 0) is 4.74 Å². The number of carbonyl (C=O) groups excluding carboxylic acids is 1. The Labute approximate surface area is 106 Å². The number of hydrogen-bond donors (Lipinski definition) is 3. The number of ether oxygens (including phenoxy) is 1. The second kappa shape index (κ2) is 6.66. The molecule has 0 bridgehead atoms. The minimum atomic E-state index is -0.331. The van der Waals surface area contributed by atoms with Gasteiger partial charge in [0.2, 0.25) is 0 Å². The summed E-state index contributed by atoms with van der Waals surface area (Å²) in [6.45, 7) is 6.82. The SMILES string of the molecule is C=C(C)COCCNC(=O)c1cc(O)ccc1N. The summed E-state index contributed by atoms with van der Waals surface area (Å²) in [7, 11) is 0. The summed E-state index contributed by atoms with van der Waals surface area (Å²) < 4.78 is 5.24. The molecule has 0 aliphatic carbocycles. The molecular weight excluding hydrogens is 232 g/mol. The van der Waals surface area contributed by atoms with E-state index in [9.17, 15) is 9.90 Å². The lowest BCUT2D eigenvalue weighted by Crippen LogP contribution is -2.28. The maximum Gasteiger partial charge on any atom is 0.253 e. The molecule has 1 aromatic rings. The van der Waals surface area contributed by atoms with Crippen molar-refractivity contribution in [3.05, 3.63) is 35.9 Å². The van der Waals surface area contributed by atoms with Crippen LogP contribution in [0.1, 0.15) is 17.3 Å². The first-order chi connectivity index (χ1) is 8.50. The van der Waals surface area contributed by atoms with E-state index in [0.29, 0.717) is 25.4 Å². The number of hydrogen-bond acceptors (Lipinski definition) is 4. The first-order valence-corrected chi connectivity index (χ1v) is 5.59. The van der Waals surface area contributed by atoms with Crippen molar-refractivity contribution >= 4 is 11.6 Å². The van der Waals surface area contributed by atoms with Crippen molar-refractivity contribution in [1.29, 1.82) is 0 Å². The topological polar surface area (TPSA) is 84.6 Å². The Hall–Kier alpha value is -2.01. The minimum absolute atomic E-state index is 0.00730. The highest BCUT2D eigenvalue weighted by atomic mass is 16.5. The summed E-state index contributed by atoms with van der Waals surface area (Å²) >= 11 is 0. The van der Waals surface area contributed by atoms with Crippen molar-refractivity contribution in [1.82, 2.24) is 5.32 Å². The van der Waals surface area contributed by atoms with Gasteiger partial charge in [0.15, 0.2) is 0 Å². The van der Waals surface area contributed by atoms with Crippen molar-refractivity contribution in [2.45, 2.75) is 6.92 Å². The van der Waals surface area contributed by atoms with Gasteiger partial charge >= 0.3 is 0 Å². The number of phenols is 1. The zero-order valence-electron chi connectivity index (χ0n) is 10.4. The monoisotopic (exact) mass is 250 g/mol. The van der Waals surface area contributed by atoms with Crippen molar-refractivity contribution in [3.63, 3.8) is 0 Å². The van der Waals surface area contributed by atoms with Crippen LogP contribution < -0.4 is 11.1 Å². The number of rotatable bonds is 6. The number of aromatic hydroxyl groups is 1. The Bertz CT molecular complexity index is 444. The molecule has 4 N–H and O–H groups in total. The molecule has 5 heteroatoms. The maximum absolute atomic E-state index is 11.7. The summed E-state index contributed by atoms with van der Waals surface area (Å²) in [4.78, 5) is 11.7. The molecule has 1 aromatic carbocycles. The number of benzene rings is 1. The van der Waals surface area contributed by atoms with E-state index in [1.807, 2.05) is 6.92 Å². The molecule has 0 aliphatic heterocycles. The number of anilines is 1. The third-order valence-electron chi connectivity index (χ3n) is 2.16. The number of nitrogens with two attached hydrogens (primary N) is 1. The van der Waals surface area contributed by atoms with E-state index in [-0.39, 0.29) is 17.2 Å². The fraction of sp³-hybridized carbons (Fsp3) is 0.308. The van der Waals surface area contributed by atoms with Gasteiger partial charge in [0.25, 0.3) is 5.91 Å². The largest absolute Gasteiger partial charge is 0.508 e. The number of amides is 1. The zero-order chi connectivity index (χ0) is 13.5. The number of phenolic OH excluding ortho intramolecular Hbond substituents is 1. The van der Waals surface area contributed by atoms with Gasteiger partial charge in [-0.15, -0.1) is 0 Å². The van der Waals surface area contributed by atoms with Gasteiger partial charge in [-0.05, 0) is 25.1 Å². The van der Waals surface area contributed by atoms with E-state index >= 15 is 0 Å². The third-order valence-corrected chi connectivity index (χ3v) is 2.16. The number of carbonyl (C=O) groups is 1. The first-order valence-electron chi connectivity index (χ1n) is 5.59. The summed E-state index contributed by atoms with van der Waals surface area (Å²) in [5.41, 5.74) is 7.16. The van der Waals surface area contributed by atoms with Crippen molar-refractivity contribution in [3.8, 4) is 5.75 Å². The molecule has 98 valence electrons. The van der Waals surface area contributed by atoms with Crippen molar-refractivity contribution in [2.24, 2.45) is 0 Å². The molecule has 0 saturated carbocycles. The normalized spacial score (nSPS) is 10.1. The fourth-order valence-electron chi connectivity index (χ4n) is 1.32. The Morgan fingerprint density at radius 3 is 2.94 bits per heavy atom. The van der Waals surface area contributed by atoms with E-state index in [0.717, 1.165) is 5.57 Å². The second-order valence-electron chi connectivity index (χ2n) is 4.04. The Kier molecular flexibility index (Phi) is 5.20. The highest BCUT2D eigenvalue weighted by molar-refractivity contribution is 5.99. The molecule has 0 atom stereocenters.